The molecule has 1 fully saturated rings. The molecule has 1 N–H and O–H groups in total. The minimum absolute atomic E-state index is 0.0652. The largest absolute Gasteiger partial charge is 0.392 e. The fraction of sp³-hybridized carbons (Fsp3) is 0.750. The predicted octanol–water partition coefficient (Wildman–Crippen LogP) is 2.90. The van der Waals surface area contributed by atoms with Gasteiger partial charge in [0.05, 0.1) is 6.10 Å². The first-order valence-corrected chi connectivity index (χ1v) is 4.87. The van der Waals surface area contributed by atoms with E-state index in [1.54, 1.807) is 0 Å². The Morgan fingerprint density at radius 1 is 1.31 bits per heavy atom. The summed E-state index contributed by atoms with van der Waals surface area (Å²) in [7, 11) is 0. The zero-order valence-electron chi connectivity index (χ0n) is 9.52. The molecule has 0 amide bonds. The van der Waals surface area contributed by atoms with Gasteiger partial charge in [-0.25, -0.2) is 0 Å². The van der Waals surface area contributed by atoms with Crippen LogP contribution in [0.2, 0.25) is 0 Å². The van der Waals surface area contributed by atoms with Crippen molar-refractivity contribution in [1.29, 1.82) is 0 Å². The van der Waals surface area contributed by atoms with E-state index >= 15 is 0 Å². The van der Waals surface area contributed by atoms with Crippen molar-refractivity contribution in [2.75, 3.05) is 0 Å². The molecule has 1 heteroatoms. The molecule has 1 aliphatic rings. The van der Waals surface area contributed by atoms with E-state index in [2.05, 4.69) is 26.5 Å². The van der Waals surface area contributed by atoms with Crippen molar-refractivity contribution < 1.29 is 5.11 Å². The van der Waals surface area contributed by atoms with Gasteiger partial charge in [-0.1, -0.05) is 20.8 Å². The Morgan fingerprint density at radius 3 is 2.00 bits per heavy atom. The van der Waals surface area contributed by atoms with Gasteiger partial charge < -0.3 is 5.11 Å². The Kier molecular flexibility index (Phi) is 2.22. The summed E-state index contributed by atoms with van der Waals surface area (Å²) in [5, 5.41) is 9.70. The van der Waals surface area contributed by atoms with E-state index < -0.39 is 0 Å². The molecule has 1 rings (SSSR count). The highest BCUT2D eigenvalue weighted by Gasteiger charge is 2.66. The van der Waals surface area contributed by atoms with Crippen LogP contribution in [-0.2, 0) is 0 Å². The molecule has 0 aliphatic heterocycles. The maximum atomic E-state index is 9.70. The van der Waals surface area contributed by atoms with Gasteiger partial charge in [-0.3, -0.25) is 0 Å². The van der Waals surface area contributed by atoms with E-state index in [1.165, 1.54) is 11.1 Å². The second-order valence-corrected chi connectivity index (χ2v) is 5.00. The van der Waals surface area contributed by atoms with Crippen LogP contribution in [0.25, 0.3) is 0 Å². The Bertz CT molecular complexity index is 286. The molecule has 0 aromatic heterocycles. The number of aliphatic hydroxyl groups excluding tert-OH is 1. The molecule has 1 aliphatic carbocycles. The molecule has 0 radical (unpaired) electrons. The lowest BCUT2D eigenvalue weighted by atomic mass is 9.93. The first kappa shape index (κ1) is 10.6. The van der Waals surface area contributed by atoms with E-state index in [-0.39, 0.29) is 16.9 Å². The third-order valence-electron chi connectivity index (χ3n) is 3.59. The molecule has 0 bridgehead atoms. The van der Waals surface area contributed by atoms with Gasteiger partial charge in [0.15, 0.2) is 0 Å². The van der Waals surface area contributed by atoms with Crippen molar-refractivity contribution in [1.82, 2.24) is 0 Å². The van der Waals surface area contributed by atoms with E-state index in [9.17, 15) is 5.11 Å². The fourth-order valence-electron chi connectivity index (χ4n) is 2.14. The quantitative estimate of drug-likeness (QED) is 0.615. The van der Waals surface area contributed by atoms with Crippen LogP contribution in [0.1, 0.15) is 41.5 Å². The number of aliphatic hydroxyl groups is 1. The number of hydrogen-bond donors (Lipinski definition) is 1. The van der Waals surface area contributed by atoms with Crippen molar-refractivity contribution in [2.24, 2.45) is 10.8 Å². The standard InChI is InChI=1S/C12H20O/c1-8(2)7-10-11(4,5)12(10,6)9(3)13/h9,13H,1-6H3. The lowest BCUT2D eigenvalue weighted by Crippen LogP contribution is -2.19. The van der Waals surface area contributed by atoms with Crippen LogP contribution in [0, 0.1) is 10.8 Å². The summed E-state index contributed by atoms with van der Waals surface area (Å²) in [5.41, 5.74) is 5.84. The Balaban J connectivity index is 3.17. The van der Waals surface area contributed by atoms with Gasteiger partial charge in [-0.2, -0.15) is 0 Å². The summed E-state index contributed by atoms with van der Waals surface area (Å²) >= 11 is 0. The van der Waals surface area contributed by atoms with Crippen LogP contribution in [0.5, 0.6) is 0 Å². The Hall–Kier alpha value is -0.520. The third kappa shape index (κ3) is 1.27. The summed E-state index contributed by atoms with van der Waals surface area (Å²) in [5.74, 6) is 0. The zero-order valence-corrected chi connectivity index (χ0v) is 9.52. The topological polar surface area (TPSA) is 20.2 Å². The SMILES string of the molecule is CC(C)=C=C1C(C)(C)C1(C)C(C)O. The lowest BCUT2D eigenvalue weighted by Gasteiger charge is -2.15. The second-order valence-electron chi connectivity index (χ2n) is 5.00. The van der Waals surface area contributed by atoms with Crippen LogP contribution < -0.4 is 0 Å². The molecule has 2 atom stereocenters. The molecule has 0 saturated heterocycles. The molecule has 0 spiro atoms. The number of hydrogen-bond acceptors (Lipinski definition) is 1. The van der Waals surface area contributed by atoms with Gasteiger partial charge in [-0.15, -0.1) is 5.73 Å². The number of rotatable bonds is 1. The summed E-state index contributed by atoms with van der Waals surface area (Å²) in [6.45, 7) is 12.4. The average molecular weight is 180 g/mol. The molecule has 2 unspecified atom stereocenters. The molecular weight excluding hydrogens is 160 g/mol. The van der Waals surface area contributed by atoms with Crippen molar-refractivity contribution in [3.8, 4) is 0 Å². The summed E-state index contributed by atoms with van der Waals surface area (Å²) in [4.78, 5) is 0. The van der Waals surface area contributed by atoms with Crippen LogP contribution in [0.3, 0.4) is 0 Å². The first-order chi connectivity index (χ1) is 5.74. The molecule has 1 saturated carbocycles. The third-order valence-corrected chi connectivity index (χ3v) is 3.59. The zero-order chi connectivity index (χ0) is 10.4. The molecule has 13 heavy (non-hydrogen) atoms. The van der Waals surface area contributed by atoms with E-state index in [0.717, 1.165) is 0 Å². The van der Waals surface area contributed by atoms with Gasteiger partial charge in [0.25, 0.3) is 0 Å². The Morgan fingerprint density at radius 2 is 1.77 bits per heavy atom. The maximum Gasteiger partial charge on any atom is 0.0617 e. The van der Waals surface area contributed by atoms with E-state index in [1.807, 2.05) is 20.8 Å². The minimum atomic E-state index is -0.288. The second kappa shape index (κ2) is 2.73. The van der Waals surface area contributed by atoms with Gasteiger partial charge >= 0.3 is 0 Å². The van der Waals surface area contributed by atoms with E-state index in [0.29, 0.717) is 0 Å². The smallest absolute Gasteiger partial charge is 0.0617 e. The van der Waals surface area contributed by atoms with Crippen LogP contribution in [0.15, 0.2) is 16.9 Å². The average Bonchev–Trinajstić information content (AvgIpc) is 2.35. The Labute approximate surface area is 81.2 Å². The van der Waals surface area contributed by atoms with Gasteiger partial charge in [0.1, 0.15) is 0 Å². The molecule has 0 aromatic rings. The van der Waals surface area contributed by atoms with Crippen LogP contribution >= 0.6 is 0 Å². The molecule has 0 aromatic carbocycles. The maximum absolute atomic E-state index is 9.70. The summed E-state index contributed by atoms with van der Waals surface area (Å²) in [6, 6.07) is 0. The lowest BCUT2D eigenvalue weighted by molar-refractivity contribution is 0.102. The van der Waals surface area contributed by atoms with Crippen molar-refractivity contribution >= 4 is 0 Å². The monoisotopic (exact) mass is 180 g/mol. The normalized spacial score (nSPS) is 32.4. The minimum Gasteiger partial charge on any atom is -0.392 e. The summed E-state index contributed by atoms with van der Waals surface area (Å²) < 4.78 is 0. The fourth-order valence-corrected chi connectivity index (χ4v) is 2.14. The van der Waals surface area contributed by atoms with Gasteiger partial charge in [0.2, 0.25) is 0 Å². The van der Waals surface area contributed by atoms with Crippen molar-refractivity contribution in [3.63, 3.8) is 0 Å². The highest BCUT2D eigenvalue weighted by Crippen LogP contribution is 2.69. The summed E-state index contributed by atoms with van der Waals surface area (Å²) in [6.07, 6.45) is -0.288. The van der Waals surface area contributed by atoms with Crippen molar-refractivity contribution in [2.45, 2.75) is 47.6 Å². The van der Waals surface area contributed by atoms with Crippen LogP contribution in [0.4, 0.5) is 0 Å². The first-order valence-electron chi connectivity index (χ1n) is 4.87. The molecule has 0 heterocycles. The van der Waals surface area contributed by atoms with E-state index in [4.69, 9.17) is 0 Å². The molecule has 74 valence electrons. The highest BCUT2D eigenvalue weighted by atomic mass is 16.3. The van der Waals surface area contributed by atoms with Gasteiger partial charge in [-0.05, 0) is 31.9 Å². The molecule has 1 nitrogen and oxygen atoms in total. The van der Waals surface area contributed by atoms with Crippen molar-refractivity contribution in [3.05, 3.63) is 16.9 Å². The van der Waals surface area contributed by atoms with Gasteiger partial charge in [0, 0.05) is 10.8 Å². The predicted molar refractivity (Wildman–Crippen MR) is 55.5 cm³/mol. The highest BCUT2D eigenvalue weighted by molar-refractivity contribution is 5.44. The van der Waals surface area contributed by atoms with Crippen LogP contribution in [-0.4, -0.2) is 11.2 Å². The molecular formula is C12H20O.